The molecule has 2 rings (SSSR count). The molecule has 1 aliphatic rings. The number of hydrogen-bond donors (Lipinski definition) is 2. The van der Waals surface area contributed by atoms with Crippen LogP contribution in [0.15, 0.2) is 18.3 Å². The van der Waals surface area contributed by atoms with Crippen LogP contribution in [0.25, 0.3) is 0 Å². The molecule has 19 heavy (non-hydrogen) atoms. The SMILES string of the molecule is NCCc1cccnc1N1CCN(CCCO)CC1. The van der Waals surface area contributed by atoms with E-state index in [-0.39, 0.29) is 6.61 Å². The van der Waals surface area contributed by atoms with Crippen molar-refractivity contribution in [3.05, 3.63) is 23.9 Å². The van der Waals surface area contributed by atoms with Gasteiger partial charge in [0.15, 0.2) is 0 Å². The van der Waals surface area contributed by atoms with Gasteiger partial charge in [0.1, 0.15) is 5.82 Å². The molecule has 106 valence electrons. The molecule has 0 aliphatic carbocycles. The molecule has 3 N–H and O–H groups in total. The van der Waals surface area contributed by atoms with E-state index in [1.165, 1.54) is 5.56 Å². The fourth-order valence-electron chi connectivity index (χ4n) is 2.54. The molecule has 1 aromatic rings. The van der Waals surface area contributed by atoms with Crippen LogP contribution in [0.3, 0.4) is 0 Å². The number of rotatable bonds is 6. The zero-order valence-electron chi connectivity index (χ0n) is 11.5. The van der Waals surface area contributed by atoms with Crippen molar-refractivity contribution in [1.29, 1.82) is 0 Å². The Morgan fingerprint density at radius 3 is 2.74 bits per heavy atom. The molecule has 1 aromatic heterocycles. The highest BCUT2D eigenvalue weighted by Gasteiger charge is 2.19. The van der Waals surface area contributed by atoms with E-state index in [4.69, 9.17) is 10.8 Å². The molecule has 0 aromatic carbocycles. The summed E-state index contributed by atoms with van der Waals surface area (Å²) in [6.45, 7) is 6.01. The highest BCUT2D eigenvalue weighted by Crippen LogP contribution is 2.19. The largest absolute Gasteiger partial charge is 0.396 e. The fraction of sp³-hybridized carbons (Fsp3) is 0.643. The smallest absolute Gasteiger partial charge is 0.131 e. The number of pyridine rings is 1. The molecule has 2 heterocycles. The van der Waals surface area contributed by atoms with Gasteiger partial charge in [0.05, 0.1) is 0 Å². The van der Waals surface area contributed by atoms with Crippen molar-refractivity contribution < 1.29 is 5.11 Å². The number of aliphatic hydroxyl groups excluding tert-OH is 1. The topological polar surface area (TPSA) is 65.6 Å². The predicted molar refractivity (Wildman–Crippen MR) is 77.4 cm³/mol. The Kier molecular flexibility index (Phi) is 5.57. The van der Waals surface area contributed by atoms with Gasteiger partial charge in [-0.05, 0) is 31.0 Å². The summed E-state index contributed by atoms with van der Waals surface area (Å²) in [7, 11) is 0. The van der Waals surface area contributed by atoms with Crippen LogP contribution < -0.4 is 10.6 Å². The van der Waals surface area contributed by atoms with E-state index in [0.717, 1.165) is 51.4 Å². The first-order chi connectivity index (χ1) is 9.35. The van der Waals surface area contributed by atoms with Crippen LogP contribution in [0.4, 0.5) is 5.82 Å². The average Bonchev–Trinajstić information content (AvgIpc) is 2.47. The van der Waals surface area contributed by atoms with Gasteiger partial charge in [-0.15, -0.1) is 0 Å². The van der Waals surface area contributed by atoms with Crippen molar-refractivity contribution in [2.24, 2.45) is 5.73 Å². The van der Waals surface area contributed by atoms with Crippen LogP contribution in [-0.2, 0) is 6.42 Å². The lowest BCUT2D eigenvalue weighted by atomic mass is 10.1. The van der Waals surface area contributed by atoms with Gasteiger partial charge < -0.3 is 15.7 Å². The molecular formula is C14H24N4O. The van der Waals surface area contributed by atoms with Crippen LogP contribution >= 0.6 is 0 Å². The highest BCUT2D eigenvalue weighted by atomic mass is 16.3. The second-order valence-electron chi connectivity index (χ2n) is 4.93. The zero-order chi connectivity index (χ0) is 13.5. The van der Waals surface area contributed by atoms with Gasteiger partial charge >= 0.3 is 0 Å². The van der Waals surface area contributed by atoms with E-state index < -0.39 is 0 Å². The van der Waals surface area contributed by atoms with Crippen molar-refractivity contribution in [1.82, 2.24) is 9.88 Å². The van der Waals surface area contributed by atoms with Crippen molar-refractivity contribution in [3.63, 3.8) is 0 Å². The maximum Gasteiger partial charge on any atom is 0.131 e. The predicted octanol–water partition coefficient (Wildman–Crippen LogP) is 0.0872. The number of nitrogens with zero attached hydrogens (tertiary/aromatic N) is 3. The Balaban J connectivity index is 1.93. The molecule has 0 saturated carbocycles. The van der Waals surface area contributed by atoms with Crippen LogP contribution in [0, 0.1) is 0 Å². The highest BCUT2D eigenvalue weighted by molar-refractivity contribution is 5.47. The summed E-state index contributed by atoms with van der Waals surface area (Å²) >= 11 is 0. The quantitative estimate of drug-likeness (QED) is 0.762. The first kappa shape index (κ1) is 14.2. The number of piperazine rings is 1. The summed E-state index contributed by atoms with van der Waals surface area (Å²) < 4.78 is 0. The summed E-state index contributed by atoms with van der Waals surface area (Å²) in [6.07, 6.45) is 3.60. The molecule has 1 fully saturated rings. The van der Waals surface area contributed by atoms with Crippen LogP contribution in [0.5, 0.6) is 0 Å². The monoisotopic (exact) mass is 264 g/mol. The molecule has 5 nitrogen and oxygen atoms in total. The van der Waals surface area contributed by atoms with Crippen molar-refractivity contribution in [2.45, 2.75) is 12.8 Å². The standard InChI is InChI=1S/C14H24N4O/c15-5-4-13-3-1-6-16-14(13)18-10-8-17(9-11-18)7-2-12-19/h1,3,6,19H,2,4-5,7-12,15H2. The third-order valence-corrected chi connectivity index (χ3v) is 3.59. The van der Waals surface area contributed by atoms with Crippen molar-refractivity contribution >= 4 is 5.82 Å². The molecule has 0 unspecified atom stereocenters. The van der Waals surface area contributed by atoms with Gasteiger partial charge in [0, 0.05) is 45.5 Å². The van der Waals surface area contributed by atoms with Gasteiger partial charge in [0.25, 0.3) is 0 Å². The molecule has 0 spiro atoms. The molecule has 5 heteroatoms. The van der Waals surface area contributed by atoms with Crippen molar-refractivity contribution in [2.75, 3.05) is 50.8 Å². The Bertz CT molecular complexity index is 377. The maximum absolute atomic E-state index is 8.86. The Hall–Kier alpha value is -1.17. The summed E-state index contributed by atoms with van der Waals surface area (Å²) in [5, 5.41) is 8.86. The van der Waals surface area contributed by atoms with E-state index >= 15 is 0 Å². The lowest BCUT2D eigenvalue weighted by Crippen LogP contribution is -2.47. The van der Waals surface area contributed by atoms with E-state index in [2.05, 4.69) is 20.9 Å². The Labute approximate surface area is 115 Å². The maximum atomic E-state index is 8.86. The third-order valence-electron chi connectivity index (χ3n) is 3.59. The number of aliphatic hydroxyl groups is 1. The minimum atomic E-state index is 0.279. The van der Waals surface area contributed by atoms with Gasteiger partial charge in [-0.2, -0.15) is 0 Å². The van der Waals surface area contributed by atoms with Gasteiger partial charge in [-0.25, -0.2) is 4.98 Å². The van der Waals surface area contributed by atoms with Crippen LogP contribution in [-0.4, -0.2) is 60.9 Å². The second kappa shape index (κ2) is 7.43. The third kappa shape index (κ3) is 3.89. The molecule has 0 bridgehead atoms. The van der Waals surface area contributed by atoms with Gasteiger partial charge in [-0.3, -0.25) is 4.90 Å². The summed E-state index contributed by atoms with van der Waals surface area (Å²) in [5.74, 6) is 1.09. The fourth-order valence-corrected chi connectivity index (χ4v) is 2.54. The summed E-state index contributed by atoms with van der Waals surface area (Å²) in [4.78, 5) is 9.27. The zero-order valence-corrected chi connectivity index (χ0v) is 11.5. The number of aromatic nitrogens is 1. The van der Waals surface area contributed by atoms with Gasteiger partial charge in [-0.1, -0.05) is 6.07 Å². The van der Waals surface area contributed by atoms with Crippen LogP contribution in [0.2, 0.25) is 0 Å². The molecule has 1 aliphatic heterocycles. The summed E-state index contributed by atoms with van der Waals surface area (Å²) in [5.41, 5.74) is 6.90. The van der Waals surface area contributed by atoms with E-state index in [0.29, 0.717) is 6.54 Å². The lowest BCUT2D eigenvalue weighted by Gasteiger charge is -2.36. The first-order valence-corrected chi connectivity index (χ1v) is 7.07. The number of anilines is 1. The molecular weight excluding hydrogens is 240 g/mol. The Morgan fingerprint density at radius 1 is 1.26 bits per heavy atom. The lowest BCUT2D eigenvalue weighted by molar-refractivity contribution is 0.215. The number of nitrogens with two attached hydrogens (primary N) is 1. The molecule has 0 amide bonds. The molecule has 0 radical (unpaired) electrons. The van der Waals surface area contributed by atoms with Crippen LogP contribution in [0.1, 0.15) is 12.0 Å². The van der Waals surface area contributed by atoms with Crippen molar-refractivity contribution in [3.8, 4) is 0 Å². The van der Waals surface area contributed by atoms with Gasteiger partial charge in [0.2, 0.25) is 0 Å². The molecule has 0 atom stereocenters. The average molecular weight is 264 g/mol. The van der Waals surface area contributed by atoms with E-state index in [9.17, 15) is 0 Å². The number of hydrogen-bond acceptors (Lipinski definition) is 5. The molecule has 1 saturated heterocycles. The first-order valence-electron chi connectivity index (χ1n) is 7.07. The second-order valence-corrected chi connectivity index (χ2v) is 4.93. The van der Waals surface area contributed by atoms with E-state index in [1.807, 2.05) is 12.3 Å². The minimum Gasteiger partial charge on any atom is -0.396 e. The minimum absolute atomic E-state index is 0.279. The Morgan fingerprint density at radius 2 is 2.05 bits per heavy atom. The van der Waals surface area contributed by atoms with E-state index in [1.54, 1.807) is 0 Å². The summed E-state index contributed by atoms with van der Waals surface area (Å²) in [6, 6.07) is 4.10. The normalized spacial score (nSPS) is 16.8.